The monoisotopic (exact) mass is 256 g/mol. The zero-order valence-electron chi connectivity index (χ0n) is 9.66. The number of aryl methyl sites for hydroxylation is 1. The summed E-state index contributed by atoms with van der Waals surface area (Å²) in [5.41, 5.74) is 1.29. The molecule has 1 N–H and O–H groups in total. The second-order valence-electron chi connectivity index (χ2n) is 3.74. The number of hydrogen-bond donors (Lipinski definition) is 1. The number of aromatic nitrogens is 2. The molecule has 1 aliphatic rings. The van der Waals surface area contributed by atoms with Crippen LogP contribution in [0.3, 0.4) is 0 Å². The van der Waals surface area contributed by atoms with Crippen LogP contribution < -0.4 is 10.2 Å². The molecule has 0 spiro atoms. The van der Waals surface area contributed by atoms with Crippen molar-refractivity contribution in [1.29, 1.82) is 0 Å². The van der Waals surface area contributed by atoms with Crippen LogP contribution in [0.2, 0.25) is 5.28 Å². The maximum atomic E-state index is 11.6. The summed E-state index contributed by atoms with van der Waals surface area (Å²) < 4.78 is 5.01. The fourth-order valence-electron chi connectivity index (χ4n) is 1.71. The summed E-state index contributed by atoms with van der Waals surface area (Å²) in [6.45, 7) is 3.15. The van der Waals surface area contributed by atoms with Crippen molar-refractivity contribution in [3.63, 3.8) is 0 Å². The normalized spacial score (nSPS) is 14.5. The van der Waals surface area contributed by atoms with Crippen LogP contribution in [0.15, 0.2) is 0 Å². The maximum Gasteiger partial charge on any atom is 0.244 e. The lowest BCUT2D eigenvalue weighted by atomic mass is 10.2. The number of fused-ring (bicyclic) bond motifs is 1. The molecular weight excluding hydrogens is 244 g/mol. The Bertz CT molecular complexity index is 452. The molecule has 2 heterocycles. The number of ether oxygens (including phenoxy) is 1. The van der Waals surface area contributed by atoms with Crippen molar-refractivity contribution in [1.82, 2.24) is 9.97 Å². The number of amides is 1. The molecule has 7 heteroatoms. The van der Waals surface area contributed by atoms with Gasteiger partial charge in [0.2, 0.25) is 11.2 Å². The van der Waals surface area contributed by atoms with Gasteiger partial charge in [0.1, 0.15) is 5.69 Å². The summed E-state index contributed by atoms with van der Waals surface area (Å²) in [5.74, 6) is 0.571. The van der Waals surface area contributed by atoms with Crippen LogP contribution in [0.25, 0.3) is 0 Å². The average Bonchev–Trinajstić information content (AvgIpc) is 2.27. The van der Waals surface area contributed by atoms with E-state index in [-0.39, 0.29) is 17.7 Å². The number of methoxy groups -OCH3 is 1. The van der Waals surface area contributed by atoms with Crippen LogP contribution in [0, 0.1) is 6.92 Å². The Morgan fingerprint density at radius 2 is 2.29 bits per heavy atom. The molecule has 6 nitrogen and oxygen atoms in total. The lowest BCUT2D eigenvalue weighted by Crippen LogP contribution is -2.41. The molecule has 0 saturated heterocycles. The highest BCUT2D eigenvalue weighted by atomic mass is 35.5. The molecule has 0 aliphatic carbocycles. The van der Waals surface area contributed by atoms with E-state index in [1.165, 1.54) is 0 Å². The van der Waals surface area contributed by atoms with Gasteiger partial charge in [-0.2, -0.15) is 4.98 Å². The highest BCUT2D eigenvalue weighted by Crippen LogP contribution is 2.30. The second-order valence-corrected chi connectivity index (χ2v) is 4.08. The van der Waals surface area contributed by atoms with Gasteiger partial charge in [0.25, 0.3) is 0 Å². The summed E-state index contributed by atoms with van der Waals surface area (Å²) in [5, 5.41) is 2.94. The van der Waals surface area contributed by atoms with Crippen LogP contribution in [0.1, 0.15) is 5.69 Å². The lowest BCUT2D eigenvalue weighted by Gasteiger charge is -2.29. The van der Waals surface area contributed by atoms with Crippen molar-refractivity contribution in [2.75, 3.05) is 37.0 Å². The van der Waals surface area contributed by atoms with E-state index < -0.39 is 0 Å². The average molecular weight is 257 g/mol. The van der Waals surface area contributed by atoms with Gasteiger partial charge >= 0.3 is 0 Å². The van der Waals surface area contributed by atoms with Gasteiger partial charge in [0, 0.05) is 13.7 Å². The molecular formula is C10H13ClN4O2. The van der Waals surface area contributed by atoms with Crippen molar-refractivity contribution in [2.45, 2.75) is 6.92 Å². The fourth-order valence-corrected chi connectivity index (χ4v) is 1.92. The van der Waals surface area contributed by atoms with Crippen LogP contribution in [-0.2, 0) is 9.53 Å². The number of carbonyl (C=O) groups excluding carboxylic acids is 1. The van der Waals surface area contributed by atoms with E-state index in [9.17, 15) is 4.79 Å². The SMILES string of the molecule is COCCN1CC(=O)Nc2c(C)nc(Cl)nc21. The zero-order valence-corrected chi connectivity index (χ0v) is 10.4. The first kappa shape index (κ1) is 12.1. The number of carbonyl (C=O) groups is 1. The first-order valence-corrected chi connectivity index (χ1v) is 5.57. The van der Waals surface area contributed by atoms with Crippen LogP contribution in [-0.4, -0.2) is 42.7 Å². The maximum absolute atomic E-state index is 11.6. The number of halogens is 1. The van der Waals surface area contributed by atoms with Crippen molar-refractivity contribution >= 4 is 29.0 Å². The molecule has 0 bridgehead atoms. The number of nitrogens with zero attached hydrogens (tertiary/aromatic N) is 3. The molecule has 2 rings (SSSR count). The summed E-state index contributed by atoms with van der Waals surface area (Å²) in [7, 11) is 1.61. The Morgan fingerprint density at radius 3 is 3.00 bits per heavy atom. The van der Waals surface area contributed by atoms with E-state index >= 15 is 0 Å². The standard InChI is InChI=1S/C10H13ClN4O2/c1-6-8-9(14-10(11)12-6)15(3-4-17-2)5-7(16)13-8/h3-5H2,1-2H3,(H,13,16). The Morgan fingerprint density at radius 1 is 1.53 bits per heavy atom. The Labute approximate surface area is 104 Å². The summed E-state index contributed by atoms with van der Waals surface area (Å²) >= 11 is 5.82. The quantitative estimate of drug-likeness (QED) is 0.812. The van der Waals surface area contributed by atoms with Crippen molar-refractivity contribution in [2.24, 2.45) is 0 Å². The Balaban J connectivity index is 2.37. The van der Waals surface area contributed by atoms with Gasteiger partial charge in [-0.05, 0) is 18.5 Å². The Kier molecular flexibility index (Phi) is 3.44. The molecule has 1 aromatic heterocycles. The summed E-state index contributed by atoms with van der Waals surface area (Å²) in [6.07, 6.45) is 0. The van der Waals surface area contributed by atoms with E-state index in [1.807, 2.05) is 4.90 Å². The van der Waals surface area contributed by atoms with E-state index in [0.29, 0.717) is 30.4 Å². The highest BCUT2D eigenvalue weighted by molar-refractivity contribution is 6.28. The summed E-state index contributed by atoms with van der Waals surface area (Å²) in [6, 6.07) is 0. The van der Waals surface area contributed by atoms with E-state index in [4.69, 9.17) is 16.3 Å². The van der Waals surface area contributed by atoms with Gasteiger partial charge in [-0.25, -0.2) is 4.98 Å². The van der Waals surface area contributed by atoms with Crippen LogP contribution in [0.4, 0.5) is 11.5 Å². The van der Waals surface area contributed by atoms with E-state index in [2.05, 4.69) is 15.3 Å². The fraction of sp³-hybridized carbons (Fsp3) is 0.500. The van der Waals surface area contributed by atoms with Gasteiger partial charge in [0.15, 0.2) is 5.82 Å². The molecule has 0 atom stereocenters. The lowest BCUT2D eigenvalue weighted by molar-refractivity contribution is -0.115. The van der Waals surface area contributed by atoms with Gasteiger partial charge in [0.05, 0.1) is 18.8 Å². The van der Waals surface area contributed by atoms with E-state index in [1.54, 1.807) is 14.0 Å². The van der Waals surface area contributed by atoms with Crippen LogP contribution >= 0.6 is 11.6 Å². The number of rotatable bonds is 3. The van der Waals surface area contributed by atoms with E-state index in [0.717, 1.165) is 0 Å². The minimum Gasteiger partial charge on any atom is -0.383 e. The third kappa shape index (κ3) is 2.48. The number of nitrogens with one attached hydrogen (secondary N) is 1. The van der Waals surface area contributed by atoms with Gasteiger partial charge in [-0.1, -0.05) is 0 Å². The predicted molar refractivity (Wildman–Crippen MR) is 64.5 cm³/mol. The van der Waals surface area contributed by atoms with Gasteiger partial charge < -0.3 is 15.0 Å². The molecule has 0 aromatic carbocycles. The first-order valence-electron chi connectivity index (χ1n) is 5.19. The number of hydrogen-bond acceptors (Lipinski definition) is 5. The third-order valence-corrected chi connectivity index (χ3v) is 2.68. The smallest absolute Gasteiger partial charge is 0.244 e. The number of anilines is 2. The third-order valence-electron chi connectivity index (χ3n) is 2.51. The first-order chi connectivity index (χ1) is 8.11. The molecule has 0 radical (unpaired) electrons. The van der Waals surface area contributed by atoms with Crippen molar-refractivity contribution in [3.8, 4) is 0 Å². The second kappa shape index (κ2) is 4.85. The predicted octanol–water partition coefficient (Wildman–Crippen LogP) is 0.843. The topological polar surface area (TPSA) is 67.3 Å². The molecule has 0 fully saturated rings. The van der Waals surface area contributed by atoms with Gasteiger partial charge in [-0.3, -0.25) is 4.79 Å². The Hall–Kier alpha value is -1.40. The molecule has 0 saturated carbocycles. The minimum atomic E-state index is -0.0809. The van der Waals surface area contributed by atoms with Crippen molar-refractivity contribution < 1.29 is 9.53 Å². The van der Waals surface area contributed by atoms with Crippen LogP contribution in [0.5, 0.6) is 0 Å². The zero-order chi connectivity index (χ0) is 12.4. The molecule has 1 amide bonds. The largest absolute Gasteiger partial charge is 0.383 e. The molecule has 0 unspecified atom stereocenters. The highest BCUT2D eigenvalue weighted by Gasteiger charge is 2.25. The summed E-state index contributed by atoms with van der Waals surface area (Å²) in [4.78, 5) is 21.6. The van der Waals surface area contributed by atoms with Crippen molar-refractivity contribution in [3.05, 3.63) is 11.0 Å². The molecule has 1 aliphatic heterocycles. The molecule has 1 aromatic rings. The minimum absolute atomic E-state index is 0.0809. The molecule has 17 heavy (non-hydrogen) atoms. The van der Waals surface area contributed by atoms with Gasteiger partial charge in [-0.15, -0.1) is 0 Å². The molecule has 92 valence electrons.